The Hall–Kier alpha value is -4.47. The number of carboxylic acid groups (broad SMARTS) is 1. The molecule has 3 aromatic heterocycles. The number of benzene rings is 1. The number of rotatable bonds is 6. The number of carboxylic acids is 1. The lowest BCUT2D eigenvalue weighted by molar-refractivity contribution is 0.0690. The van der Waals surface area contributed by atoms with E-state index in [4.69, 9.17) is 0 Å². The van der Waals surface area contributed by atoms with Crippen LogP contribution in [0.25, 0.3) is 5.65 Å². The molecule has 0 bridgehead atoms. The van der Waals surface area contributed by atoms with Gasteiger partial charge in [0.2, 0.25) is 5.82 Å². The maximum Gasteiger partial charge on any atom is 0.354 e. The van der Waals surface area contributed by atoms with Crippen LogP contribution in [0.1, 0.15) is 65.8 Å². The summed E-state index contributed by atoms with van der Waals surface area (Å²) in [5.41, 5.74) is 3.87. The van der Waals surface area contributed by atoms with Crippen LogP contribution in [-0.4, -0.2) is 68.8 Å². The molecular formula is C32H37N7O3. The highest BCUT2D eigenvalue weighted by Gasteiger charge is 2.38. The largest absolute Gasteiger partial charge is 0.477 e. The zero-order valence-electron chi connectivity index (χ0n) is 24.5. The molecule has 42 heavy (non-hydrogen) atoms. The second kappa shape index (κ2) is 10.4. The summed E-state index contributed by atoms with van der Waals surface area (Å²) in [5.74, 6) is -0.565. The van der Waals surface area contributed by atoms with Gasteiger partial charge in [0, 0.05) is 43.1 Å². The first-order valence-electron chi connectivity index (χ1n) is 14.5. The fourth-order valence-electron chi connectivity index (χ4n) is 6.42. The molecular weight excluding hydrogens is 530 g/mol. The number of hydrogen-bond donors (Lipinski definition) is 2. The Kier molecular flexibility index (Phi) is 6.87. The van der Waals surface area contributed by atoms with Gasteiger partial charge in [0.25, 0.3) is 5.91 Å². The number of amides is 1. The van der Waals surface area contributed by atoms with Crippen LogP contribution in [0.5, 0.6) is 0 Å². The van der Waals surface area contributed by atoms with E-state index in [9.17, 15) is 14.7 Å². The summed E-state index contributed by atoms with van der Waals surface area (Å²) in [7, 11) is 0. The number of nitrogens with zero attached hydrogens (tertiary/aromatic N) is 6. The van der Waals surface area contributed by atoms with E-state index >= 15 is 0 Å². The maximum absolute atomic E-state index is 13.4. The lowest BCUT2D eigenvalue weighted by Gasteiger charge is -2.44. The minimum Gasteiger partial charge on any atom is -0.477 e. The molecule has 2 aliphatic heterocycles. The Labute approximate surface area is 245 Å². The van der Waals surface area contributed by atoms with Gasteiger partial charge in [-0.15, -0.1) is 5.10 Å². The average Bonchev–Trinajstić information content (AvgIpc) is 3.60. The first-order valence-corrected chi connectivity index (χ1v) is 14.5. The van der Waals surface area contributed by atoms with Gasteiger partial charge in [-0.1, -0.05) is 57.2 Å². The van der Waals surface area contributed by atoms with Crippen LogP contribution < -0.4 is 15.1 Å². The fourth-order valence-corrected chi connectivity index (χ4v) is 6.42. The molecule has 2 fully saturated rings. The monoisotopic (exact) mass is 567 g/mol. The molecule has 4 aromatic rings. The van der Waals surface area contributed by atoms with Gasteiger partial charge in [-0.3, -0.25) is 4.79 Å². The predicted octanol–water partition coefficient (Wildman–Crippen LogP) is 4.33. The molecule has 10 heteroatoms. The molecule has 2 saturated heterocycles. The van der Waals surface area contributed by atoms with E-state index in [2.05, 4.69) is 87.4 Å². The SMILES string of the molecule is Cc1cc(N2CC[C@](C)(c3ccccc3)C2)cn2nc(C(=O)NC3CCN(c4cccc(C(=O)O)n4)CC3(C)C)nc12. The second-order valence-corrected chi connectivity index (χ2v) is 12.6. The number of piperidine rings is 1. The molecule has 2 atom stereocenters. The van der Waals surface area contributed by atoms with E-state index in [0.717, 1.165) is 30.8 Å². The van der Waals surface area contributed by atoms with Gasteiger partial charge in [-0.05, 0) is 49.1 Å². The topological polar surface area (TPSA) is 116 Å². The molecule has 1 aromatic carbocycles. The predicted molar refractivity (Wildman–Crippen MR) is 161 cm³/mol. The zero-order valence-corrected chi connectivity index (χ0v) is 24.5. The van der Waals surface area contributed by atoms with Crippen LogP contribution in [0.15, 0.2) is 60.8 Å². The van der Waals surface area contributed by atoms with E-state index in [0.29, 0.717) is 31.0 Å². The van der Waals surface area contributed by atoms with Crippen LogP contribution in [0, 0.1) is 12.3 Å². The van der Waals surface area contributed by atoms with Gasteiger partial charge < -0.3 is 20.2 Å². The average molecular weight is 568 g/mol. The van der Waals surface area contributed by atoms with Crippen molar-refractivity contribution in [2.24, 2.45) is 5.41 Å². The third kappa shape index (κ3) is 5.17. The van der Waals surface area contributed by atoms with Gasteiger partial charge in [0.15, 0.2) is 11.3 Å². The van der Waals surface area contributed by atoms with E-state index in [1.54, 1.807) is 10.6 Å². The minimum atomic E-state index is -1.05. The molecule has 218 valence electrons. The summed E-state index contributed by atoms with van der Waals surface area (Å²) in [6.07, 6.45) is 3.72. The van der Waals surface area contributed by atoms with Crippen molar-refractivity contribution in [2.45, 2.75) is 52.0 Å². The molecule has 0 radical (unpaired) electrons. The van der Waals surface area contributed by atoms with Crippen molar-refractivity contribution in [3.05, 3.63) is 83.4 Å². The first kappa shape index (κ1) is 27.7. The maximum atomic E-state index is 13.4. The van der Waals surface area contributed by atoms with Crippen molar-refractivity contribution in [2.75, 3.05) is 36.0 Å². The number of aryl methyl sites for hydroxylation is 1. The quantitative estimate of drug-likeness (QED) is 0.354. The molecule has 10 nitrogen and oxygen atoms in total. The normalized spacial score (nSPS) is 22.0. The Bertz CT molecular complexity index is 1650. The van der Waals surface area contributed by atoms with Crippen LogP contribution in [0.3, 0.4) is 0 Å². The van der Waals surface area contributed by atoms with Gasteiger partial charge >= 0.3 is 5.97 Å². The summed E-state index contributed by atoms with van der Waals surface area (Å²) in [6.45, 7) is 11.6. The third-order valence-electron chi connectivity index (χ3n) is 8.93. The number of pyridine rings is 2. The number of carbonyl (C=O) groups excluding carboxylic acids is 1. The van der Waals surface area contributed by atoms with E-state index < -0.39 is 5.97 Å². The Morgan fingerprint density at radius 1 is 0.976 bits per heavy atom. The minimum absolute atomic E-state index is 0.0204. The van der Waals surface area contributed by atoms with Crippen molar-refractivity contribution in [3.8, 4) is 0 Å². The Morgan fingerprint density at radius 3 is 2.50 bits per heavy atom. The Balaban J connectivity index is 1.16. The summed E-state index contributed by atoms with van der Waals surface area (Å²) in [6, 6.07) is 17.7. The van der Waals surface area contributed by atoms with Gasteiger partial charge in [-0.25, -0.2) is 19.3 Å². The van der Waals surface area contributed by atoms with Crippen LogP contribution in [0.4, 0.5) is 11.5 Å². The lowest BCUT2D eigenvalue weighted by atomic mass is 9.79. The highest BCUT2D eigenvalue weighted by molar-refractivity contribution is 5.91. The molecule has 6 rings (SSSR count). The summed E-state index contributed by atoms with van der Waals surface area (Å²) >= 11 is 0. The third-order valence-corrected chi connectivity index (χ3v) is 8.93. The van der Waals surface area contributed by atoms with Crippen LogP contribution in [-0.2, 0) is 5.41 Å². The molecule has 0 saturated carbocycles. The van der Waals surface area contributed by atoms with Crippen molar-refractivity contribution in [3.63, 3.8) is 0 Å². The second-order valence-electron chi connectivity index (χ2n) is 12.6. The highest BCUT2D eigenvalue weighted by atomic mass is 16.4. The molecule has 0 aliphatic carbocycles. The van der Waals surface area contributed by atoms with Crippen molar-refractivity contribution < 1.29 is 14.7 Å². The number of aromatic carboxylic acids is 1. The van der Waals surface area contributed by atoms with Crippen molar-refractivity contribution in [1.29, 1.82) is 0 Å². The molecule has 0 spiro atoms. The fraction of sp³-hybridized carbons (Fsp3) is 0.406. The lowest BCUT2D eigenvalue weighted by Crippen LogP contribution is -2.56. The smallest absolute Gasteiger partial charge is 0.354 e. The molecule has 1 unspecified atom stereocenters. The Morgan fingerprint density at radius 2 is 1.76 bits per heavy atom. The number of nitrogens with one attached hydrogen (secondary N) is 1. The molecule has 1 amide bonds. The van der Waals surface area contributed by atoms with Crippen molar-refractivity contribution >= 4 is 29.0 Å². The molecule has 2 N–H and O–H groups in total. The molecule has 2 aliphatic rings. The molecule has 5 heterocycles. The number of carbonyl (C=O) groups is 2. The highest BCUT2D eigenvalue weighted by Crippen LogP contribution is 2.37. The van der Waals surface area contributed by atoms with Gasteiger partial charge in [0.1, 0.15) is 5.82 Å². The standard InChI is InChI=1S/C32H37N7O3/c1-21-17-23(37-16-14-32(4,20-37)22-9-6-5-7-10-22)18-39-28(21)35-27(36-39)29(40)34-25-13-15-38(19-31(25,2)3)26-12-8-11-24(33-26)30(41)42/h5-12,17-18,25H,13-16,19-20H2,1-4H3,(H,34,40)(H,41,42)/t25?,32-/m0/s1. The number of hydrogen-bond acceptors (Lipinski definition) is 7. The van der Waals surface area contributed by atoms with Gasteiger partial charge in [0.05, 0.1) is 11.9 Å². The van der Waals surface area contributed by atoms with Gasteiger partial charge in [-0.2, -0.15) is 0 Å². The van der Waals surface area contributed by atoms with Crippen LogP contribution >= 0.6 is 0 Å². The first-order chi connectivity index (χ1) is 20.0. The van der Waals surface area contributed by atoms with Crippen LogP contribution in [0.2, 0.25) is 0 Å². The van der Waals surface area contributed by atoms with E-state index in [1.165, 1.54) is 11.6 Å². The summed E-state index contributed by atoms with van der Waals surface area (Å²) < 4.78 is 1.73. The summed E-state index contributed by atoms with van der Waals surface area (Å²) in [5, 5.41) is 17.1. The number of aromatic nitrogens is 4. The number of fused-ring (bicyclic) bond motifs is 1. The van der Waals surface area contributed by atoms with E-state index in [1.807, 2.05) is 19.2 Å². The van der Waals surface area contributed by atoms with E-state index in [-0.39, 0.29) is 34.3 Å². The van der Waals surface area contributed by atoms with Crippen molar-refractivity contribution in [1.82, 2.24) is 24.9 Å². The number of anilines is 2. The summed E-state index contributed by atoms with van der Waals surface area (Å²) in [4.78, 5) is 38.1. The zero-order chi connectivity index (χ0) is 29.6.